The maximum Gasteiger partial charge on any atom is 0.282 e. The van der Waals surface area contributed by atoms with Crippen LogP contribution in [0.25, 0.3) is 0 Å². The highest BCUT2D eigenvalue weighted by Gasteiger charge is 2.27. The number of nitro benzene ring substituents is 1. The third-order valence-electron chi connectivity index (χ3n) is 4.35. The predicted octanol–water partition coefficient (Wildman–Crippen LogP) is 4.07. The number of para-hydroxylation sites is 1. The molecule has 0 N–H and O–H groups in total. The summed E-state index contributed by atoms with van der Waals surface area (Å²) in [4.78, 5) is 25.4. The summed E-state index contributed by atoms with van der Waals surface area (Å²) in [5.41, 5.74) is 0.801. The highest BCUT2D eigenvalue weighted by atomic mass is 35.5. The maximum atomic E-state index is 13.1. The van der Waals surface area contributed by atoms with Crippen LogP contribution in [-0.4, -0.2) is 35.0 Å². The molecule has 7 heteroatoms. The van der Waals surface area contributed by atoms with Gasteiger partial charge in [-0.3, -0.25) is 14.9 Å². The lowest BCUT2D eigenvalue weighted by Crippen LogP contribution is -2.37. The van der Waals surface area contributed by atoms with E-state index in [1.54, 1.807) is 29.2 Å². The molecule has 136 valence electrons. The van der Waals surface area contributed by atoms with Crippen LogP contribution in [0.4, 0.5) is 5.69 Å². The number of benzene rings is 2. The van der Waals surface area contributed by atoms with Crippen LogP contribution in [0.1, 0.15) is 28.8 Å². The van der Waals surface area contributed by atoms with Crippen LogP contribution >= 0.6 is 11.6 Å². The van der Waals surface area contributed by atoms with Crippen molar-refractivity contribution >= 4 is 23.2 Å². The fourth-order valence-corrected chi connectivity index (χ4v) is 3.17. The molecule has 0 radical (unpaired) electrons. The van der Waals surface area contributed by atoms with E-state index < -0.39 is 4.92 Å². The maximum absolute atomic E-state index is 13.1. The summed E-state index contributed by atoms with van der Waals surface area (Å²) in [5.74, 6) is -0.372. The van der Waals surface area contributed by atoms with Gasteiger partial charge in [0, 0.05) is 30.8 Å². The van der Waals surface area contributed by atoms with Crippen molar-refractivity contribution in [2.24, 2.45) is 0 Å². The van der Waals surface area contributed by atoms with Crippen molar-refractivity contribution in [1.82, 2.24) is 4.90 Å². The molecule has 1 amide bonds. The SMILES string of the molecule is O=C(c1ccccc1[N+](=O)[O-])N(Cc1ccc(Cl)cc1)CC1CCCO1. The second-order valence-electron chi connectivity index (χ2n) is 6.22. The third-order valence-corrected chi connectivity index (χ3v) is 4.61. The van der Waals surface area contributed by atoms with Crippen LogP contribution in [0.15, 0.2) is 48.5 Å². The standard InChI is InChI=1S/C19H19ClN2O4/c20-15-9-7-14(8-10-15)12-21(13-16-4-3-11-26-16)19(23)17-5-1-2-6-18(17)22(24)25/h1-2,5-10,16H,3-4,11-13H2. The zero-order valence-electron chi connectivity index (χ0n) is 14.1. The number of nitro groups is 1. The molecule has 2 aromatic rings. The number of ether oxygens (including phenoxy) is 1. The molecule has 1 saturated heterocycles. The molecule has 1 atom stereocenters. The van der Waals surface area contributed by atoms with E-state index in [-0.39, 0.29) is 23.3 Å². The highest BCUT2D eigenvalue weighted by Crippen LogP contribution is 2.23. The number of nitrogens with zero attached hydrogens (tertiary/aromatic N) is 2. The van der Waals surface area contributed by atoms with Crippen molar-refractivity contribution in [1.29, 1.82) is 0 Å². The Kier molecular flexibility index (Phi) is 5.85. The molecule has 26 heavy (non-hydrogen) atoms. The van der Waals surface area contributed by atoms with Crippen molar-refractivity contribution < 1.29 is 14.5 Å². The van der Waals surface area contributed by atoms with Crippen LogP contribution in [0.2, 0.25) is 5.02 Å². The Labute approximate surface area is 156 Å². The van der Waals surface area contributed by atoms with E-state index in [9.17, 15) is 14.9 Å². The molecule has 1 fully saturated rings. The van der Waals surface area contributed by atoms with Gasteiger partial charge >= 0.3 is 0 Å². The lowest BCUT2D eigenvalue weighted by Gasteiger charge is -2.25. The molecule has 0 aromatic heterocycles. The number of carbonyl (C=O) groups excluding carboxylic acids is 1. The summed E-state index contributed by atoms with van der Waals surface area (Å²) in [5, 5.41) is 11.9. The monoisotopic (exact) mass is 374 g/mol. The number of hydrogen-bond donors (Lipinski definition) is 0. The van der Waals surface area contributed by atoms with Gasteiger partial charge in [-0.05, 0) is 36.6 Å². The Hall–Kier alpha value is -2.44. The van der Waals surface area contributed by atoms with E-state index in [2.05, 4.69) is 0 Å². The minimum atomic E-state index is -0.528. The number of rotatable bonds is 6. The Morgan fingerprint density at radius 2 is 1.96 bits per heavy atom. The Morgan fingerprint density at radius 3 is 2.62 bits per heavy atom. The van der Waals surface area contributed by atoms with Gasteiger partial charge in [0.25, 0.3) is 11.6 Å². The summed E-state index contributed by atoms with van der Waals surface area (Å²) in [6.07, 6.45) is 1.79. The lowest BCUT2D eigenvalue weighted by molar-refractivity contribution is -0.385. The van der Waals surface area contributed by atoms with Crippen LogP contribution in [0.3, 0.4) is 0 Å². The first-order chi connectivity index (χ1) is 12.5. The lowest BCUT2D eigenvalue weighted by atomic mass is 10.1. The van der Waals surface area contributed by atoms with Crippen molar-refractivity contribution in [3.63, 3.8) is 0 Å². The fraction of sp³-hybridized carbons (Fsp3) is 0.316. The molecule has 1 aliphatic rings. The van der Waals surface area contributed by atoms with E-state index in [0.29, 0.717) is 24.7 Å². The fourth-order valence-electron chi connectivity index (χ4n) is 3.05. The Bertz CT molecular complexity index is 788. The van der Waals surface area contributed by atoms with E-state index in [4.69, 9.17) is 16.3 Å². The molecular weight excluding hydrogens is 356 g/mol. The molecular formula is C19H19ClN2O4. The molecule has 0 saturated carbocycles. The van der Waals surface area contributed by atoms with Gasteiger partial charge in [-0.15, -0.1) is 0 Å². The van der Waals surface area contributed by atoms with E-state index in [1.807, 2.05) is 12.1 Å². The van der Waals surface area contributed by atoms with Crippen LogP contribution < -0.4 is 0 Å². The first kappa shape index (κ1) is 18.4. The van der Waals surface area contributed by atoms with Crippen molar-refractivity contribution in [2.75, 3.05) is 13.2 Å². The summed E-state index contributed by atoms with van der Waals surface area (Å²) in [7, 11) is 0. The minimum Gasteiger partial charge on any atom is -0.376 e. The smallest absolute Gasteiger partial charge is 0.282 e. The number of hydrogen-bond acceptors (Lipinski definition) is 4. The molecule has 6 nitrogen and oxygen atoms in total. The first-order valence-corrected chi connectivity index (χ1v) is 8.81. The summed E-state index contributed by atoms with van der Waals surface area (Å²) in [6, 6.07) is 13.2. The normalized spacial score (nSPS) is 16.4. The Balaban J connectivity index is 1.87. The number of carbonyl (C=O) groups is 1. The average molecular weight is 375 g/mol. The third kappa shape index (κ3) is 4.39. The predicted molar refractivity (Wildman–Crippen MR) is 98.3 cm³/mol. The quantitative estimate of drug-likeness (QED) is 0.564. The van der Waals surface area contributed by atoms with Gasteiger partial charge in [0.15, 0.2) is 0 Å². The van der Waals surface area contributed by atoms with Gasteiger partial charge in [0.1, 0.15) is 5.56 Å². The minimum absolute atomic E-state index is 0.0472. The number of amides is 1. The van der Waals surface area contributed by atoms with Gasteiger partial charge in [0.2, 0.25) is 0 Å². The molecule has 1 aliphatic heterocycles. The molecule has 0 bridgehead atoms. The summed E-state index contributed by atoms with van der Waals surface area (Å²) < 4.78 is 5.66. The van der Waals surface area contributed by atoms with Gasteiger partial charge in [0.05, 0.1) is 11.0 Å². The molecule has 0 aliphatic carbocycles. The van der Waals surface area contributed by atoms with Gasteiger partial charge in [-0.25, -0.2) is 0 Å². The second kappa shape index (κ2) is 8.29. The Morgan fingerprint density at radius 1 is 1.23 bits per heavy atom. The molecule has 2 aromatic carbocycles. The number of halogens is 1. The zero-order valence-corrected chi connectivity index (χ0v) is 14.9. The van der Waals surface area contributed by atoms with Crippen molar-refractivity contribution in [3.8, 4) is 0 Å². The summed E-state index contributed by atoms with van der Waals surface area (Å²) in [6.45, 7) is 1.41. The first-order valence-electron chi connectivity index (χ1n) is 8.43. The van der Waals surface area contributed by atoms with E-state index in [0.717, 1.165) is 18.4 Å². The van der Waals surface area contributed by atoms with E-state index in [1.165, 1.54) is 12.1 Å². The molecule has 0 spiro atoms. The molecule has 3 rings (SSSR count). The molecule has 1 unspecified atom stereocenters. The van der Waals surface area contributed by atoms with Gasteiger partial charge < -0.3 is 9.64 Å². The second-order valence-corrected chi connectivity index (χ2v) is 6.66. The van der Waals surface area contributed by atoms with E-state index >= 15 is 0 Å². The topological polar surface area (TPSA) is 72.7 Å². The van der Waals surface area contributed by atoms with Gasteiger partial charge in [-0.2, -0.15) is 0 Å². The van der Waals surface area contributed by atoms with Crippen LogP contribution in [-0.2, 0) is 11.3 Å². The average Bonchev–Trinajstić information content (AvgIpc) is 3.15. The van der Waals surface area contributed by atoms with Crippen LogP contribution in [0.5, 0.6) is 0 Å². The van der Waals surface area contributed by atoms with Gasteiger partial charge in [-0.1, -0.05) is 35.9 Å². The molecule has 1 heterocycles. The van der Waals surface area contributed by atoms with Crippen LogP contribution in [0, 0.1) is 10.1 Å². The largest absolute Gasteiger partial charge is 0.376 e. The van der Waals surface area contributed by atoms with Crippen molar-refractivity contribution in [3.05, 3.63) is 74.8 Å². The van der Waals surface area contributed by atoms with Crippen molar-refractivity contribution in [2.45, 2.75) is 25.5 Å². The zero-order chi connectivity index (χ0) is 18.5. The highest BCUT2D eigenvalue weighted by molar-refractivity contribution is 6.30. The summed E-state index contributed by atoms with van der Waals surface area (Å²) >= 11 is 5.92.